The lowest BCUT2D eigenvalue weighted by Crippen LogP contribution is -2.42. The molecule has 0 aliphatic carbocycles. The molecule has 1 fully saturated rings. The molecule has 1 rings (SSSR count). The second kappa shape index (κ2) is 8.09. The molecule has 0 atom stereocenters. The molecule has 1 amide bonds. The molecule has 1 saturated heterocycles. The van der Waals surface area contributed by atoms with Gasteiger partial charge in [-0.3, -0.25) is 4.79 Å². The van der Waals surface area contributed by atoms with Crippen LogP contribution in [0, 0.1) is 5.92 Å². The van der Waals surface area contributed by atoms with E-state index in [1.54, 1.807) is 6.08 Å². The third kappa shape index (κ3) is 5.05. The largest absolute Gasteiger partial charge is 0.336 e. The summed E-state index contributed by atoms with van der Waals surface area (Å²) in [6.07, 6.45) is 9.66. The van der Waals surface area contributed by atoms with Gasteiger partial charge in [-0.2, -0.15) is 0 Å². The van der Waals surface area contributed by atoms with Gasteiger partial charge in [0, 0.05) is 18.7 Å². The highest BCUT2D eigenvalue weighted by molar-refractivity contribution is 5.88. The number of piperidine rings is 1. The van der Waals surface area contributed by atoms with Crippen molar-refractivity contribution in [1.29, 1.82) is 0 Å². The van der Waals surface area contributed by atoms with E-state index in [4.69, 9.17) is 0 Å². The highest BCUT2D eigenvalue weighted by atomic mass is 16.2. The zero-order chi connectivity index (χ0) is 13.4. The Balaban J connectivity index is 2.55. The Morgan fingerprint density at radius 2 is 2.00 bits per heavy atom. The number of rotatable bonds is 5. The van der Waals surface area contributed by atoms with E-state index in [9.17, 15) is 4.79 Å². The van der Waals surface area contributed by atoms with Crippen molar-refractivity contribution in [3.05, 3.63) is 24.3 Å². The fourth-order valence-corrected chi connectivity index (χ4v) is 2.24. The van der Waals surface area contributed by atoms with Gasteiger partial charge >= 0.3 is 0 Å². The zero-order valence-corrected chi connectivity index (χ0v) is 11.9. The Kier molecular flexibility index (Phi) is 6.73. The lowest BCUT2D eigenvalue weighted by molar-refractivity contribution is -0.128. The van der Waals surface area contributed by atoms with Crippen molar-refractivity contribution >= 4 is 5.91 Å². The number of nitrogens with one attached hydrogen (secondary N) is 1. The van der Waals surface area contributed by atoms with Crippen molar-refractivity contribution in [2.45, 2.75) is 39.7 Å². The minimum Gasteiger partial charge on any atom is -0.336 e. The molecule has 0 unspecified atom stereocenters. The SMILES string of the molecule is CC=CC=CC(=O)N(CC1CCNCC1)C(C)C. The molecule has 1 heterocycles. The standard InChI is InChI=1S/C15H26N2O/c1-4-5-6-7-15(18)17(13(2)3)12-14-8-10-16-11-9-14/h4-7,13-14,16H,8-12H2,1-3H3. The predicted octanol–water partition coefficient (Wildman–Crippen LogP) is 2.36. The van der Waals surface area contributed by atoms with Crippen LogP contribution >= 0.6 is 0 Å². The first-order valence-electron chi connectivity index (χ1n) is 6.95. The summed E-state index contributed by atoms with van der Waals surface area (Å²) in [5.41, 5.74) is 0. The van der Waals surface area contributed by atoms with Gasteiger partial charge in [-0.1, -0.05) is 18.2 Å². The van der Waals surface area contributed by atoms with Gasteiger partial charge in [0.05, 0.1) is 0 Å². The Labute approximate surface area is 111 Å². The van der Waals surface area contributed by atoms with Gasteiger partial charge in [-0.25, -0.2) is 0 Å². The van der Waals surface area contributed by atoms with Crippen LogP contribution in [0.25, 0.3) is 0 Å². The van der Waals surface area contributed by atoms with Crippen LogP contribution in [0.2, 0.25) is 0 Å². The van der Waals surface area contributed by atoms with E-state index >= 15 is 0 Å². The summed E-state index contributed by atoms with van der Waals surface area (Å²) in [7, 11) is 0. The molecule has 3 nitrogen and oxygen atoms in total. The van der Waals surface area contributed by atoms with Crippen molar-refractivity contribution in [3.8, 4) is 0 Å². The van der Waals surface area contributed by atoms with Gasteiger partial charge in [0.1, 0.15) is 0 Å². The van der Waals surface area contributed by atoms with E-state index in [2.05, 4.69) is 19.2 Å². The summed E-state index contributed by atoms with van der Waals surface area (Å²) in [4.78, 5) is 14.1. The predicted molar refractivity (Wildman–Crippen MR) is 76.4 cm³/mol. The van der Waals surface area contributed by atoms with E-state index in [1.807, 2.05) is 30.1 Å². The Bertz CT molecular complexity index is 302. The first kappa shape index (κ1) is 15.0. The molecule has 1 N–H and O–H groups in total. The topological polar surface area (TPSA) is 32.3 Å². The van der Waals surface area contributed by atoms with Crippen LogP contribution in [0.15, 0.2) is 24.3 Å². The summed E-state index contributed by atoms with van der Waals surface area (Å²) in [5, 5.41) is 3.36. The first-order valence-corrected chi connectivity index (χ1v) is 6.95. The van der Waals surface area contributed by atoms with Gasteiger partial charge < -0.3 is 10.2 Å². The van der Waals surface area contributed by atoms with Crippen LogP contribution in [0.5, 0.6) is 0 Å². The quantitative estimate of drug-likeness (QED) is 0.600. The van der Waals surface area contributed by atoms with Crippen LogP contribution in [0.4, 0.5) is 0 Å². The first-order chi connectivity index (χ1) is 8.65. The normalized spacial score (nSPS) is 18.0. The van der Waals surface area contributed by atoms with Gasteiger partial charge in [0.2, 0.25) is 5.91 Å². The third-order valence-electron chi connectivity index (χ3n) is 3.36. The van der Waals surface area contributed by atoms with Gasteiger partial charge in [-0.05, 0) is 52.6 Å². The fraction of sp³-hybridized carbons (Fsp3) is 0.667. The summed E-state index contributed by atoms with van der Waals surface area (Å²) in [5.74, 6) is 0.773. The van der Waals surface area contributed by atoms with Crippen LogP contribution < -0.4 is 5.32 Å². The molecule has 1 aliphatic rings. The summed E-state index contributed by atoms with van der Waals surface area (Å²) < 4.78 is 0. The molecule has 0 saturated carbocycles. The second-order valence-corrected chi connectivity index (χ2v) is 5.16. The molecular formula is C15H26N2O. The number of hydrogen-bond donors (Lipinski definition) is 1. The third-order valence-corrected chi connectivity index (χ3v) is 3.36. The molecule has 18 heavy (non-hydrogen) atoms. The second-order valence-electron chi connectivity index (χ2n) is 5.16. The minimum absolute atomic E-state index is 0.127. The average Bonchev–Trinajstić information content (AvgIpc) is 2.37. The summed E-state index contributed by atoms with van der Waals surface area (Å²) >= 11 is 0. The molecule has 0 aromatic rings. The van der Waals surface area contributed by atoms with Gasteiger partial charge in [0.25, 0.3) is 0 Å². The van der Waals surface area contributed by atoms with Crippen LogP contribution in [-0.4, -0.2) is 36.5 Å². The number of carbonyl (C=O) groups is 1. The Hall–Kier alpha value is -1.09. The molecular weight excluding hydrogens is 224 g/mol. The van der Waals surface area contributed by atoms with Gasteiger partial charge in [-0.15, -0.1) is 0 Å². The molecule has 0 bridgehead atoms. The fourth-order valence-electron chi connectivity index (χ4n) is 2.24. The maximum atomic E-state index is 12.1. The monoisotopic (exact) mass is 250 g/mol. The highest BCUT2D eigenvalue weighted by Crippen LogP contribution is 2.15. The number of carbonyl (C=O) groups excluding carboxylic acids is 1. The van der Waals surface area contributed by atoms with E-state index in [0.29, 0.717) is 5.92 Å². The smallest absolute Gasteiger partial charge is 0.246 e. The van der Waals surface area contributed by atoms with Crippen molar-refractivity contribution < 1.29 is 4.79 Å². The zero-order valence-electron chi connectivity index (χ0n) is 11.9. The molecule has 0 aromatic heterocycles. The van der Waals surface area contributed by atoms with Crippen LogP contribution in [0.3, 0.4) is 0 Å². The number of nitrogens with zero attached hydrogens (tertiary/aromatic N) is 1. The number of amides is 1. The maximum absolute atomic E-state index is 12.1. The number of allylic oxidation sites excluding steroid dienone is 3. The molecule has 0 radical (unpaired) electrons. The number of hydrogen-bond acceptors (Lipinski definition) is 2. The molecule has 102 valence electrons. The van der Waals surface area contributed by atoms with Crippen LogP contribution in [-0.2, 0) is 4.79 Å². The minimum atomic E-state index is 0.127. The lowest BCUT2D eigenvalue weighted by Gasteiger charge is -2.32. The van der Waals surface area contributed by atoms with Crippen molar-refractivity contribution in [2.75, 3.05) is 19.6 Å². The Morgan fingerprint density at radius 3 is 2.56 bits per heavy atom. The average molecular weight is 250 g/mol. The van der Waals surface area contributed by atoms with Crippen molar-refractivity contribution in [3.63, 3.8) is 0 Å². The molecule has 1 aliphatic heterocycles. The Morgan fingerprint density at radius 1 is 1.33 bits per heavy atom. The van der Waals surface area contributed by atoms with Crippen LogP contribution in [0.1, 0.15) is 33.6 Å². The highest BCUT2D eigenvalue weighted by Gasteiger charge is 2.21. The molecule has 0 aromatic carbocycles. The molecule has 0 spiro atoms. The van der Waals surface area contributed by atoms with E-state index in [-0.39, 0.29) is 11.9 Å². The molecule has 3 heteroatoms. The summed E-state index contributed by atoms with van der Waals surface area (Å²) in [6, 6.07) is 0.266. The van der Waals surface area contributed by atoms with E-state index in [1.165, 1.54) is 12.8 Å². The van der Waals surface area contributed by atoms with Gasteiger partial charge in [0.15, 0.2) is 0 Å². The van der Waals surface area contributed by atoms with E-state index in [0.717, 1.165) is 19.6 Å². The summed E-state index contributed by atoms with van der Waals surface area (Å²) in [6.45, 7) is 9.17. The van der Waals surface area contributed by atoms with Crippen molar-refractivity contribution in [2.24, 2.45) is 5.92 Å². The maximum Gasteiger partial charge on any atom is 0.246 e. The van der Waals surface area contributed by atoms with Crippen molar-refractivity contribution in [1.82, 2.24) is 10.2 Å². The lowest BCUT2D eigenvalue weighted by atomic mass is 9.97. The van der Waals surface area contributed by atoms with E-state index < -0.39 is 0 Å².